The van der Waals surface area contributed by atoms with Crippen molar-refractivity contribution in [3.05, 3.63) is 42.0 Å². The summed E-state index contributed by atoms with van der Waals surface area (Å²) in [5, 5.41) is 3.15. The third kappa shape index (κ3) is 3.35. The Bertz CT molecular complexity index is 940. The zero-order chi connectivity index (χ0) is 20.7. The van der Waals surface area contributed by atoms with Crippen LogP contribution in [-0.2, 0) is 16.0 Å². The first-order chi connectivity index (χ1) is 14.6. The van der Waals surface area contributed by atoms with Crippen LogP contribution >= 0.6 is 0 Å². The molecule has 0 aliphatic carbocycles. The van der Waals surface area contributed by atoms with Gasteiger partial charge in [0.25, 0.3) is 0 Å². The van der Waals surface area contributed by atoms with E-state index in [0.29, 0.717) is 30.7 Å². The highest BCUT2D eigenvalue weighted by molar-refractivity contribution is 5.78. The number of aromatic nitrogens is 2. The first-order valence-electron chi connectivity index (χ1n) is 10.5. The SMILES string of the molecule is COc1cc(N2C[C@@H]3[C@H](CNC(=O)Cc4ccccc4)[C@H]4CC[C@]3(C2)O4)nc(N)n1. The number of carbonyl (C=O) groups is 1. The molecule has 8 nitrogen and oxygen atoms in total. The Kier molecular flexibility index (Phi) is 4.73. The number of methoxy groups -OCH3 is 1. The van der Waals surface area contributed by atoms with Crippen LogP contribution in [0.25, 0.3) is 0 Å². The minimum Gasteiger partial charge on any atom is -0.481 e. The van der Waals surface area contributed by atoms with Crippen LogP contribution in [0.1, 0.15) is 18.4 Å². The van der Waals surface area contributed by atoms with E-state index in [-0.39, 0.29) is 23.6 Å². The summed E-state index contributed by atoms with van der Waals surface area (Å²) >= 11 is 0. The number of hydrogen-bond donors (Lipinski definition) is 2. The Labute approximate surface area is 175 Å². The molecule has 0 saturated carbocycles. The first-order valence-corrected chi connectivity index (χ1v) is 10.5. The molecule has 1 aromatic carbocycles. The Morgan fingerprint density at radius 3 is 3.00 bits per heavy atom. The molecule has 5 rings (SSSR count). The second-order valence-corrected chi connectivity index (χ2v) is 8.50. The number of hydrogen-bond acceptors (Lipinski definition) is 7. The Morgan fingerprint density at radius 2 is 2.20 bits per heavy atom. The summed E-state index contributed by atoms with van der Waals surface area (Å²) < 4.78 is 11.7. The van der Waals surface area contributed by atoms with Crippen molar-refractivity contribution < 1.29 is 14.3 Å². The number of amides is 1. The molecule has 3 saturated heterocycles. The van der Waals surface area contributed by atoms with E-state index in [1.54, 1.807) is 7.11 Å². The zero-order valence-corrected chi connectivity index (χ0v) is 17.1. The molecule has 8 heteroatoms. The van der Waals surface area contributed by atoms with Gasteiger partial charge in [-0.05, 0) is 18.4 Å². The van der Waals surface area contributed by atoms with Crippen LogP contribution in [0.5, 0.6) is 5.88 Å². The van der Waals surface area contributed by atoms with Gasteiger partial charge in [-0.2, -0.15) is 9.97 Å². The fraction of sp³-hybridized carbons (Fsp3) is 0.500. The van der Waals surface area contributed by atoms with E-state index >= 15 is 0 Å². The number of ether oxygens (including phenoxy) is 2. The number of nitrogens with two attached hydrogens (primary N) is 1. The largest absolute Gasteiger partial charge is 0.481 e. The average molecular weight is 409 g/mol. The number of carbonyl (C=O) groups excluding carboxylic acids is 1. The van der Waals surface area contributed by atoms with Crippen LogP contribution in [0.4, 0.5) is 11.8 Å². The lowest BCUT2D eigenvalue weighted by molar-refractivity contribution is -0.120. The molecule has 2 bridgehead atoms. The van der Waals surface area contributed by atoms with Crippen molar-refractivity contribution >= 4 is 17.7 Å². The van der Waals surface area contributed by atoms with Gasteiger partial charge in [0.15, 0.2) is 0 Å². The molecule has 1 aromatic heterocycles. The fourth-order valence-electron chi connectivity index (χ4n) is 5.41. The maximum atomic E-state index is 12.5. The summed E-state index contributed by atoms with van der Waals surface area (Å²) in [6.07, 6.45) is 2.71. The van der Waals surface area contributed by atoms with Gasteiger partial charge in [-0.15, -0.1) is 0 Å². The highest BCUT2D eigenvalue weighted by atomic mass is 16.5. The van der Waals surface area contributed by atoms with Crippen molar-refractivity contribution in [3.8, 4) is 5.88 Å². The number of nitrogens with zero attached hydrogens (tertiary/aromatic N) is 3. The Balaban J connectivity index is 1.26. The summed E-state index contributed by atoms with van der Waals surface area (Å²) in [6.45, 7) is 2.25. The van der Waals surface area contributed by atoms with Crippen LogP contribution in [0.3, 0.4) is 0 Å². The van der Waals surface area contributed by atoms with Crippen LogP contribution in [0, 0.1) is 11.8 Å². The molecule has 3 aliphatic rings. The lowest BCUT2D eigenvalue weighted by Gasteiger charge is -2.29. The van der Waals surface area contributed by atoms with E-state index in [2.05, 4.69) is 20.2 Å². The van der Waals surface area contributed by atoms with Gasteiger partial charge in [-0.25, -0.2) is 0 Å². The third-order valence-corrected chi connectivity index (χ3v) is 6.77. The molecule has 3 fully saturated rings. The molecular weight excluding hydrogens is 382 g/mol. The predicted octanol–water partition coefficient (Wildman–Crippen LogP) is 1.41. The van der Waals surface area contributed by atoms with Gasteiger partial charge in [0.2, 0.25) is 17.7 Å². The number of fused-ring (bicyclic) bond motifs is 1. The zero-order valence-electron chi connectivity index (χ0n) is 17.1. The highest BCUT2D eigenvalue weighted by Gasteiger charge is 2.63. The van der Waals surface area contributed by atoms with Crippen LogP contribution in [-0.4, -0.2) is 54.3 Å². The van der Waals surface area contributed by atoms with Crippen molar-refractivity contribution in [3.63, 3.8) is 0 Å². The molecule has 4 heterocycles. The van der Waals surface area contributed by atoms with Crippen molar-refractivity contribution in [1.82, 2.24) is 15.3 Å². The molecular formula is C22H27N5O3. The number of nitrogen functional groups attached to an aromatic ring is 1. The number of benzene rings is 1. The molecule has 1 amide bonds. The fourth-order valence-corrected chi connectivity index (χ4v) is 5.41. The first kappa shape index (κ1) is 19.1. The lowest BCUT2D eigenvalue weighted by atomic mass is 9.73. The molecule has 0 radical (unpaired) electrons. The number of nitrogens with one attached hydrogen (secondary N) is 1. The predicted molar refractivity (Wildman–Crippen MR) is 112 cm³/mol. The monoisotopic (exact) mass is 409 g/mol. The molecule has 2 aromatic rings. The van der Waals surface area contributed by atoms with Gasteiger partial charge < -0.3 is 25.4 Å². The molecule has 158 valence electrons. The van der Waals surface area contributed by atoms with Crippen molar-refractivity contribution in [2.24, 2.45) is 11.8 Å². The smallest absolute Gasteiger partial charge is 0.225 e. The maximum absolute atomic E-state index is 12.5. The Morgan fingerprint density at radius 1 is 1.37 bits per heavy atom. The highest BCUT2D eigenvalue weighted by Crippen LogP contribution is 2.55. The minimum absolute atomic E-state index is 0.0567. The quantitative estimate of drug-likeness (QED) is 0.744. The molecule has 4 atom stereocenters. The van der Waals surface area contributed by atoms with E-state index in [1.807, 2.05) is 36.4 Å². The van der Waals surface area contributed by atoms with Gasteiger partial charge in [0.05, 0.1) is 25.2 Å². The summed E-state index contributed by atoms with van der Waals surface area (Å²) in [6, 6.07) is 11.6. The maximum Gasteiger partial charge on any atom is 0.225 e. The summed E-state index contributed by atoms with van der Waals surface area (Å²) in [5.41, 5.74) is 6.72. The van der Waals surface area contributed by atoms with Crippen molar-refractivity contribution in [2.45, 2.75) is 31.0 Å². The van der Waals surface area contributed by atoms with Crippen molar-refractivity contribution in [2.75, 3.05) is 37.4 Å². The summed E-state index contributed by atoms with van der Waals surface area (Å²) in [7, 11) is 1.57. The van der Waals surface area contributed by atoms with Gasteiger partial charge in [0.1, 0.15) is 5.82 Å². The minimum atomic E-state index is -0.160. The van der Waals surface area contributed by atoms with Crippen LogP contribution in [0.2, 0.25) is 0 Å². The van der Waals surface area contributed by atoms with Gasteiger partial charge >= 0.3 is 0 Å². The topological polar surface area (TPSA) is 103 Å². The van der Waals surface area contributed by atoms with Gasteiger partial charge in [0, 0.05) is 37.5 Å². The van der Waals surface area contributed by atoms with Crippen LogP contribution < -0.4 is 20.7 Å². The molecule has 3 aliphatic heterocycles. The molecule has 0 unspecified atom stereocenters. The van der Waals surface area contributed by atoms with E-state index in [9.17, 15) is 4.79 Å². The van der Waals surface area contributed by atoms with E-state index in [1.165, 1.54) is 0 Å². The average Bonchev–Trinajstić information content (AvgIpc) is 3.41. The lowest BCUT2D eigenvalue weighted by Crippen LogP contribution is -2.42. The standard InChI is InChI=1S/C22H27N5O3/c1-29-20-10-18(25-21(23)26-20)27-12-16-15(17-7-8-22(16,13-27)30-17)11-24-19(28)9-14-5-3-2-4-6-14/h2-6,10,15-17H,7-9,11-13H2,1H3,(H,24,28)(H2,23,25,26)/t15-,16+,17+,22+/m0/s1. The van der Waals surface area contributed by atoms with E-state index < -0.39 is 0 Å². The second-order valence-electron chi connectivity index (χ2n) is 8.50. The van der Waals surface area contributed by atoms with Crippen molar-refractivity contribution in [1.29, 1.82) is 0 Å². The summed E-state index contributed by atoms with van der Waals surface area (Å²) in [4.78, 5) is 23.1. The van der Waals surface area contributed by atoms with Gasteiger partial charge in [-0.1, -0.05) is 30.3 Å². The molecule has 30 heavy (non-hydrogen) atoms. The Hall–Kier alpha value is -2.87. The van der Waals surface area contributed by atoms with Crippen LogP contribution in [0.15, 0.2) is 36.4 Å². The van der Waals surface area contributed by atoms with Gasteiger partial charge in [-0.3, -0.25) is 4.79 Å². The summed E-state index contributed by atoms with van der Waals surface area (Å²) in [5.74, 6) is 2.15. The van der Waals surface area contributed by atoms with E-state index in [0.717, 1.165) is 37.3 Å². The van der Waals surface area contributed by atoms with E-state index in [4.69, 9.17) is 15.2 Å². The molecule has 3 N–H and O–H groups in total. The second kappa shape index (κ2) is 7.43. The normalized spacial score (nSPS) is 29.1. The molecule has 1 spiro atoms. The number of rotatable bonds is 6. The third-order valence-electron chi connectivity index (χ3n) is 6.77. The number of anilines is 2.